The quantitative estimate of drug-likeness (QED) is 0.739. The van der Waals surface area contributed by atoms with Gasteiger partial charge >= 0.3 is 0 Å². The number of amides is 2. The Balaban J connectivity index is 1.46. The second-order valence-corrected chi connectivity index (χ2v) is 6.47. The van der Waals surface area contributed by atoms with Gasteiger partial charge in [-0.05, 0) is 24.6 Å². The molecule has 1 unspecified atom stereocenters. The van der Waals surface area contributed by atoms with Gasteiger partial charge in [-0.2, -0.15) is 0 Å². The number of hydrogen-bond acceptors (Lipinski definition) is 5. The zero-order valence-corrected chi connectivity index (χ0v) is 15.3. The number of rotatable bonds is 5. The molecule has 28 heavy (non-hydrogen) atoms. The van der Waals surface area contributed by atoms with Gasteiger partial charge in [0.15, 0.2) is 12.3 Å². The summed E-state index contributed by atoms with van der Waals surface area (Å²) in [6.07, 6.45) is 1.30. The maximum Gasteiger partial charge on any atom is 0.273 e. The monoisotopic (exact) mass is 377 g/mol. The van der Waals surface area contributed by atoms with Gasteiger partial charge in [0, 0.05) is 0 Å². The van der Waals surface area contributed by atoms with Gasteiger partial charge in [0.05, 0.1) is 11.7 Å². The van der Waals surface area contributed by atoms with Crippen LogP contribution in [0, 0.1) is 0 Å². The number of benzene rings is 2. The average molecular weight is 377 g/mol. The van der Waals surface area contributed by atoms with Crippen molar-refractivity contribution < 1.29 is 18.7 Å². The third-order valence-corrected chi connectivity index (χ3v) is 4.53. The van der Waals surface area contributed by atoms with Crippen LogP contribution in [-0.4, -0.2) is 23.4 Å². The van der Waals surface area contributed by atoms with Crippen LogP contribution < -0.4 is 15.0 Å². The van der Waals surface area contributed by atoms with Crippen molar-refractivity contribution in [1.29, 1.82) is 0 Å². The van der Waals surface area contributed by atoms with E-state index < -0.39 is 0 Å². The fourth-order valence-electron chi connectivity index (χ4n) is 3.05. The summed E-state index contributed by atoms with van der Waals surface area (Å²) in [5, 5.41) is 2.89. The van der Waals surface area contributed by atoms with E-state index in [1.807, 2.05) is 49.4 Å². The first-order chi connectivity index (χ1) is 13.6. The molecule has 1 aliphatic heterocycles. The molecule has 7 nitrogen and oxygen atoms in total. The number of oxazole rings is 1. The second kappa shape index (κ2) is 7.56. The summed E-state index contributed by atoms with van der Waals surface area (Å²) in [5.41, 5.74) is 1.82. The number of nitrogens with one attached hydrogen (secondary N) is 1. The van der Waals surface area contributed by atoms with Crippen LogP contribution in [0.5, 0.6) is 5.75 Å². The van der Waals surface area contributed by atoms with Crippen LogP contribution >= 0.6 is 0 Å². The van der Waals surface area contributed by atoms with Crippen LogP contribution in [0.25, 0.3) is 0 Å². The number of carbonyl (C=O) groups excluding carboxylic acids is 2. The van der Waals surface area contributed by atoms with Gasteiger partial charge in [0.2, 0.25) is 5.89 Å². The van der Waals surface area contributed by atoms with Crippen LogP contribution in [-0.2, 0) is 11.3 Å². The van der Waals surface area contributed by atoms with Crippen molar-refractivity contribution in [2.75, 3.05) is 11.5 Å². The third-order valence-electron chi connectivity index (χ3n) is 4.53. The van der Waals surface area contributed by atoms with Crippen LogP contribution in [0.1, 0.15) is 34.9 Å². The maximum atomic E-state index is 12.5. The highest BCUT2D eigenvalue weighted by Crippen LogP contribution is 2.32. The Bertz CT molecular complexity index is 1000. The first kappa shape index (κ1) is 17.8. The molecule has 0 spiro atoms. The SMILES string of the molecule is CC(NC(=O)c1coc(CN2C(=O)COc3ccccc32)n1)c1ccccc1. The van der Waals surface area contributed by atoms with Gasteiger partial charge in [-0.15, -0.1) is 0 Å². The van der Waals surface area contributed by atoms with E-state index >= 15 is 0 Å². The minimum atomic E-state index is -0.333. The van der Waals surface area contributed by atoms with Crippen molar-refractivity contribution in [2.24, 2.45) is 0 Å². The van der Waals surface area contributed by atoms with Crippen molar-refractivity contribution in [1.82, 2.24) is 10.3 Å². The summed E-state index contributed by atoms with van der Waals surface area (Å²) < 4.78 is 10.9. The number of hydrogen-bond donors (Lipinski definition) is 1. The first-order valence-corrected chi connectivity index (χ1v) is 8.94. The number of fused-ring (bicyclic) bond motifs is 1. The van der Waals surface area contributed by atoms with Crippen molar-refractivity contribution >= 4 is 17.5 Å². The summed E-state index contributed by atoms with van der Waals surface area (Å²) in [6.45, 7) is 1.98. The Morgan fingerprint density at radius 2 is 1.93 bits per heavy atom. The highest BCUT2D eigenvalue weighted by atomic mass is 16.5. The van der Waals surface area contributed by atoms with Crippen LogP contribution in [0.3, 0.4) is 0 Å². The summed E-state index contributed by atoms with van der Waals surface area (Å²) in [7, 11) is 0. The van der Waals surface area contributed by atoms with E-state index in [-0.39, 0.29) is 42.6 Å². The van der Waals surface area contributed by atoms with Gasteiger partial charge in [0.1, 0.15) is 18.6 Å². The lowest BCUT2D eigenvalue weighted by atomic mass is 10.1. The normalized spacial score (nSPS) is 14.2. The Hall–Kier alpha value is -3.61. The van der Waals surface area contributed by atoms with E-state index in [0.717, 1.165) is 5.56 Å². The molecular formula is C21H19N3O4. The number of para-hydroxylation sites is 2. The van der Waals surface area contributed by atoms with E-state index in [2.05, 4.69) is 10.3 Å². The minimum Gasteiger partial charge on any atom is -0.482 e. The number of nitrogens with zero attached hydrogens (tertiary/aromatic N) is 2. The summed E-state index contributed by atoms with van der Waals surface area (Å²) in [4.78, 5) is 30.5. The lowest BCUT2D eigenvalue weighted by Gasteiger charge is -2.28. The predicted octanol–water partition coefficient (Wildman–Crippen LogP) is 3.09. The molecule has 0 radical (unpaired) electrons. The molecule has 0 bridgehead atoms. The van der Waals surface area contributed by atoms with Crippen molar-refractivity contribution in [3.05, 3.63) is 78.0 Å². The van der Waals surface area contributed by atoms with E-state index in [0.29, 0.717) is 11.4 Å². The van der Waals surface area contributed by atoms with E-state index in [1.165, 1.54) is 6.26 Å². The number of ether oxygens (including phenoxy) is 1. The molecule has 0 aliphatic carbocycles. The topological polar surface area (TPSA) is 84.7 Å². The van der Waals surface area contributed by atoms with Crippen molar-refractivity contribution in [2.45, 2.75) is 19.5 Å². The summed E-state index contributed by atoms with van der Waals surface area (Å²) in [6, 6.07) is 16.8. The van der Waals surface area contributed by atoms with E-state index in [4.69, 9.17) is 9.15 Å². The van der Waals surface area contributed by atoms with Crippen molar-refractivity contribution in [3.63, 3.8) is 0 Å². The van der Waals surface area contributed by atoms with Crippen molar-refractivity contribution in [3.8, 4) is 5.75 Å². The fraction of sp³-hybridized carbons (Fsp3) is 0.190. The number of aromatic nitrogens is 1. The molecular weight excluding hydrogens is 358 g/mol. The molecule has 1 aliphatic rings. The van der Waals surface area contributed by atoms with E-state index in [9.17, 15) is 9.59 Å². The molecule has 4 rings (SSSR count). The molecule has 1 aromatic heterocycles. The summed E-state index contributed by atoms with van der Waals surface area (Å²) >= 11 is 0. The molecule has 0 fully saturated rings. The van der Waals surface area contributed by atoms with Gasteiger partial charge in [0.25, 0.3) is 11.8 Å². The molecule has 2 aromatic carbocycles. The third kappa shape index (κ3) is 3.59. The van der Waals surface area contributed by atoms with Crippen LogP contribution in [0.2, 0.25) is 0 Å². The molecule has 3 aromatic rings. The zero-order chi connectivity index (χ0) is 19.5. The Morgan fingerprint density at radius 1 is 1.18 bits per heavy atom. The second-order valence-electron chi connectivity index (χ2n) is 6.47. The highest BCUT2D eigenvalue weighted by molar-refractivity contribution is 5.97. The molecule has 2 amide bonds. The Kier molecular flexibility index (Phi) is 4.80. The lowest BCUT2D eigenvalue weighted by Crippen LogP contribution is -2.38. The van der Waals surface area contributed by atoms with Gasteiger partial charge in [-0.1, -0.05) is 42.5 Å². The standard InChI is InChI=1S/C21H19N3O4/c1-14(15-7-3-2-4-8-15)22-21(26)16-12-28-19(23-16)11-24-17-9-5-6-10-18(17)27-13-20(24)25/h2-10,12,14H,11,13H2,1H3,(H,22,26). The molecule has 2 heterocycles. The van der Waals surface area contributed by atoms with Crippen LogP contribution in [0.15, 0.2) is 65.3 Å². The maximum absolute atomic E-state index is 12.5. The zero-order valence-electron chi connectivity index (χ0n) is 15.3. The number of anilines is 1. The van der Waals surface area contributed by atoms with Gasteiger partial charge < -0.3 is 14.5 Å². The molecule has 1 N–H and O–H groups in total. The molecule has 0 saturated heterocycles. The molecule has 0 saturated carbocycles. The first-order valence-electron chi connectivity index (χ1n) is 8.94. The fourth-order valence-corrected chi connectivity index (χ4v) is 3.05. The van der Waals surface area contributed by atoms with E-state index in [1.54, 1.807) is 17.0 Å². The average Bonchev–Trinajstić information content (AvgIpc) is 3.20. The molecule has 142 valence electrons. The Labute approximate surface area is 161 Å². The van der Waals surface area contributed by atoms with Gasteiger partial charge in [-0.25, -0.2) is 4.98 Å². The smallest absolute Gasteiger partial charge is 0.273 e. The number of carbonyl (C=O) groups is 2. The lowest BCUT2D eigenvalue weighted by molar-refractivity contribution is -0.121. The Morgan fingerprint density at radius 3 is 2.75 bits per heavy atom. The minimum absolute atomic E-state index is 0.0420. The summed E-state index contributed by atoms with van der Waals surface area (Å²) in [5.74, 6) is 0.381. The molecule has 1 atom stereocenters. The molecule has 7 heteroatoms. The van der Waals surface area contributed by atoms with Gasteiger partial charge in [-0.3, -0.25) is 14.5 Å². The predicted molar refractivity (Wildman–Crippen MR) is 102 cm³/mol. The highest BCUT2D eigenvalue weighted by Gasteiger charge is 2.27. The largest absolute Gasteiger partial charge is 0.482 e. The van der Waals surface area contributed by atoms with Crippen LogP contribution in [0.4, 0.5) is 5.69 Å².